The summed E-state index contributed by atoms with van der Waals surface area (Å²) in [4.78, 5) is 60.0. The molecule has 0 aliphatic carbocycles. The fourth-order valence-electron chi connectivity index (χ4n) is 4.29. The quantitative estimate of drug-likeness (QED) is 0.477. The van der Waals surface area contributed by atoms with Crippen molar-refractivity contribution < 1.29 is 23.9 Å². The number of benzene rings is 1. The lowest BCUT2D eigenvalue weighted by Crippen LogP contribution is -2.38. The molecule has 0 fully saturated rings. The second-order valence-electron chi connectivity index (χ2n) is 9.92. The van der Waals surface area contributed by atoms with Gasteiger partial charge in [0.05, 0.1) is 11.1 Å². The second-order valence-corrected chi connectivity index (χ2v) is 11.0. The highest BCUT2D eigenvalue weighted by Crippen LogP contribution is 2.31. The number of rotatable bonds is 3. The summed E-state index contributed by atoms with van der Waals surface area (Å²) in [5, 5.41) is 5.95. The van der Waals surface area contributed by atoms with Crippen molar-refractivity contribution in [2.45, 2.75) is 45.8 Å². The molecular formula is C25H27N5O6S. The van der Waals surface area contributed by atoms with Crippen LogP contribution in [0.5, 0.6) is 5.75 Å². The minimum atomic E-state index is -0.580. The number of nitrogens with zero attached hydrogens (tertiary/aromatic N) is 2. The first-order valence-corrected chi connectivity index (χ1v) is 12.8. The van der Waals surface area contributed by atoms with Crippen molar-refractivity contribution in [3.8, 4) is 5.75 Å². The average molecular weight is 526 g/mol. The monoisotopic (exact) mass is 525 g/mol. The molecule has 0 atom stereocenters. The zero-order valence-corrected chi connectivity index (χ0v) is 21.5. The number of aromatic amines is 1. The summed E-state index contributed by atoms with van der Waals surface area (Å²) in [6.45, 7) is 6.53. The van der Waals surface area contributed by atoms with Crippen LogP contribution in [0.25, 0.3) is 10.2 Å². The number of hydrogen-bond acceptors (Lipinski definition) is 8. The number of carbonyl (C=O) groups is 3. The predicted octanol–water partition coefficient (Wildman–Crippen LogP) is 2.58. The van der Waals surface area contributed by atoms with E-state index in [0.29, 0.717) is 47.6 Å². The Hall–Kier alpha value is -3.93. The molecule has 3 amide bonds. The van der Waals surface area contributed by atoms with Gasteiger partial charge in [-0.15, -0.1) is 11.3 Å². The lowest BCUT2D eigenvalue weighted by Gasteiger charge is -2.26. The van der Waals surface area contributed by atoms with Gasteiger partial charge < -0.3 is 30.0 Å². The lowest BCUT2D eigenvalue weighted by atomic mass is 10.1. The molecule has 2 aromatic heterocycles. The molecule has 3 N–H and O–H groups in total. The van der Waals surface area contributed by atoms with Crippen LogP contribution in [0.3, 0.4) is 0 Å². The van der Waals surface area contributed by atoms with Gasteiger partial charge in [0.25, 0.3) is 17.4 Å². The maximum atomic E-state index is 13.0. The summed E-state index contributed by atoms with van der Waals surface area (Å²) in [6.07, 6.45) is 0.713. The van der Waals surface area contributed by atoms with E-state index in [1.165, 1.54) is 11.3 Å². The summed E-state index contributed by atoms with van der Waals surface area (Å²) in [5.74, 6) is -0.260. The summed E-state index contributed by atoms with van der Waals surface area (Å²) < 4.78 is 10.8. The number of aromatic nitrogens is 2. The average Bonchev–Trinajstić information content (AvgIpc) is 3.05. The van der Waals surface area contributed by atoms with Gasteiger partial charge in [0.15, 0.2) is 6.61 Å². The smallest absolute Gasteiger partial charge is 0.410 e. The Morgan fingerprint density at radius 3 is 2.78 bits per heavy atom. The van der Waals surface area contributed by atoms with Crippen molar-refractivity contribution in [2.75, 3.05) is 25.0 Å². The number of ether oxygens (including phenoxy) is 2. The van der Waals surface area contributed by atoms with E-state index >= 15 is 0 Å². The molecule has 0 saturated heterocycles. The molecule has 1 aromatic carbocycles. The molecule has 0 spiro atoms. The Morgan fingerprint density at radius 1 is 1.22 bits per heavy atom. The third-order valence-corrected chi connectivity index (χ3v) is 7.17. The minimum absolute atomic E-state index is 0.0290. The van der Waals surface area contributed by atoms with E-state index in [2.05, 4.69) is 20.6 Å². The minimum Gasteiger partial charge on any atom is -0.482 e. The Labute approximate surface area is 216 Å². The van der Waals surface area contributed by atoms with Crippen molar-refractivity contribution in [3.63, 3.8) is 0 Å². The number of carbonyl (C=O) groups excluding carboxylic acids is 3. The normalized spacial score (nSPS) is 15.2. The first-order chi connectivity index (χ1) is 17.6. The maximum absolute atomic E-state index is 13.0. The van der Waals surface area contributed by atoms with Crippen LogP contribution in [0.4, 0.5) is 10.5 Å². The SMILES string of the molecule is CC(C)(C)OC(=O)N1CCc2sc3nc(C(=O)NCc4ccc5c(c4)NC(=O)CO5)[nH]c(=O)c3c2CC1. The largest absolute Gasteiger partial charge is 0.482 e. The van der Waals surface area contributed by atoms with Crippen LogP contribution in [0.1, 0.15) is 47.4 Å². The highest BCUT2D eigenvalue weighted by Gasteiger charge is 2.27. The Balaban J connectivity index is 1.29. The molecule has 0 unspecified atom stereocenters. The highest BCUT2D eigenvalue weighted by atomic mass is 32.1. The number of thiophene rings is 1. The van der Waals surface area contributed by atoms with Crippen molar-refractivity contribution in [1.82, 2.24) is 20.2 Å². The van der Waals surface area contributed by atoms with Crippen molar-refractivity contribution >= 4 is 45.1 Å². The maximum Gasteiger partial charge on any atom is 0.410 e. The van der Waals surface area contributed by atoms with Crippen molar-refractivity contribution in [1.29, 1.82) is 0 Å². The van der Waals surface area contributed by atoms with Crippen LogP contribution >= 0.6 is 11.3 Å². The van der Waals surface area contributed by atoms with Crippen LogP contribution in [0.15, 0.2) is 23.0 Å². The Morgan fingerprint density at radius 2 is 2.00 bits per heavy atom. The van der Waals surface area contributed by atoms with E-state index in [1.54, 1.807) is 23.1 Å². The molecule has 4 heterocycles. The molecule has 2 aliphatic heterocycles. The van der Waals surface area contributed by atoms with E-state index in [1.807, 2.05) is 20.8 Å². The zero-order chi connectivity index (χ0) is 26.3. The van der Waals surface area contributed by atoms with Crippen LogP contribution in [0, 0.1) is 0 Å². The van der Waals surface area contributed by atoms with Crippen molar-refractivity contribution in [3.05, 3.63) is 50.4 Å². The fourth-order valence-corrected chi connectivity index (χ4v) is 5.50. The summed E-state index contributed by atoms with van der Waals surface area (Å²) in [6, 6.07) is 5.24. The van der Waals surface area contributed by atoms with Crippen LogP contribution in [-0.2, 0) is 28.9 Å². The van der Waals surface area contributed by atoms with Gasteiger partial charge in [-0.05, 0) is 56.9 Å². The number of fused-ring (bicyclic) bond motifs is 4. The van der Waals surface area contributed by atoms with Gasteiger partial charge in [-0.3, -0.25) is 14.4 Å². The Bertz CT molecular complexity index is 1470. The third-order valence-electron chi connectivity index (χ3n) is 5.98. The molecule has 2 aliphatic rings. The zero-order valence-electron chi connectivity index (χ0n) is 20.7. The number of nitrogens with one attached hydrogen (secondary N) is 3. The van der Waals surface area contributed by atoms with E-state index < -0.39 is 11.5 Å². The van der Waals surface area contributed by atoms with Gasteiger partial charge in [0, 0.05) is 24.5 Å². The molecule has 0 saturated carbocycles. The first kappa shape index (κ1) is 24.8. The van der Waals surface area contributed by atoms with Gasteiger partial charge in [-0.2, -0.15) is 0 Å². The van der Waals surface area contributed by atoms with E-state index in [0.717, 1.165) is 16.0 Å². The molecule has 0 bridgehead atoms. The molecule has 37 heavy (non-hydrogen) atoms. The number of amides is 3. The summed E-state index contributed by atoms with van der Waals surface area (Å²) in [5.41, 5.74) is 1.19. The fraction of sp³-hybridized carbons (Fsp3) is 0.400. The van der Waals surface area contributed by atoms with Crippen LogP contribution in [-0.4, -0.2) is 58.1 Å². The third kappa shape index (κ3) is 5.29. The van der Waals surface area contributed by atoms with E-state index in [-0.39, 0.29) is 36.5 Å². The number of H-pyrrole nitrogens is 1. The second kappa shape index (κ2) is 9.51. The summed E-state index contributed by atoms with van der Waals surface area (Å²) in [7, 11) is 0. The van der Waals surface area contributed by atoms with E-state index in [9.17, 15) is 19.2 Å². The van der Waals surface area contributed by atoms with Gasteiger partial charge in [-0.25, -0.2) is 9.78 Å². The number of hydrogen-bond donors (Lipinski definition) is 3. The standard InChI is InChI=1S/C25H27N5O6S/c1-25(2,3)36-24(34)30-8-6-14-17(7-9-30)37-23-19(14)21(32)28-20(29-23)22(33)26-11-13-4-5-16-15(10-13)27-18(31)12-35-16/h4-5,10H,6-9,11-12H2,1-3H3,(H,26,33)(H,27,31)(H,28,29,32). The molecule has 5 rings (SSSR count). The molecule has 194 valence electrons. The number of anilines is 1. The molecular weight excluding hydrogens is 498 g/mol. The summed E-state index contributed by atoms with van der Waals surface area (Å²) >= 11 is 1.37. The predicted molar refractivity (Wildman–Crippen MR) is 137 cm³/mol. The Kier molecular flexibility index (Phi) is 6.36. The molecule has 3 aromatic rings. The highest BCUT2D eigenvalue weighted by molar-refractivity contribution is 7.18. The molecule has 12 heteroatoms. The van der Waals surface area contributed by atoms with Gasteiger partial charge in [-0.1, -0.05) is 6.07 Å². The van der Waals surface area contributed by atoms with Crippen LogP contribution in [0.2, 0.25) is 0 Å². The van der Waals surface area contributed by atoms with Gasteiger partial charge in [0.2, 0.25) is 5.82 Å². The van der Waals surface area contributed by atoms with Crippen molar-refractivity contribution in [2.24, 2.45) is 0 Å². The molecule has 0 radical (unpaired) electrons. The topological polar surface area (TPSA) is 143 Å². The first-order valence-electron chi connectivity index (χ1n) is 11.9. The van der Waals surface area contributed by atoms with E-state index in [4.69, 9.17) is 9.47 Å². The molecule has 11 nitrogen and oxygen atoms in total. The van der Waals surface area contributed by atoms with Gasteiger partial charge >= 0.3 is 6.09 Å². The lowest BCUT2D eigenvalue weighted by molar-refractivity contribution is -0.118. The van der Waals surface area contributed by atoms with Gasteiger partial charge in [0.1, 0.15) is 16.2 Å². The van der Waals surface area contributed by atoms with Crippen LogP contribution < -0.4 is 20.9 Å².